The van der Waals surface area contributed by atoms with E-state index in [1.165, 1.54) is 6.42 Å². The van der Waals surface area contributed by atoms with Gasteiger partial charge in [-0.15, -0.1) is 0 Å². The third-order valence-electron chi connectivity index (χ3n) is 2.92. The average molecular weight is 274 g/mol. The number of ether oxygens (including phenoxy) is 1. The molecule has 0 aliphatic carbocycles. The van der Waals surface area contributed by atoms with Gasteiger partial charge in [-0.05, 0) is 40.0 Å². The SMILES string of the molecule is CSC(C)CCNC1CN(C(=O)OC(C)(C)C)C1. The van der Waals surface area contributed by atoms with Crippen molar-refractivity contribution in [1.29, 1.82) is 0 Å². The van der Waals surface area contributed by atoms with Crippen LogP contribution in [0, 0.1) is 0 Å². The first-order chi connectivity index (χ1) is 8.31. The molecule has 0 aromatic rings. The molecule has 1 atom stereocenters. The Kier molecular flexibility index (Phi) is 5.79. The second-order valence-electron chi connectivity index (χ2n) is 5.87. The second kappa shape index (κ2) is 6.66. The maximum absolute atomic E-state index is 11.7. The summed E-state index contributed by atoms with van der Waals surface area (Å²) >= 11 is 1.89. The van der Waals surface area contributed by atoms with Gasteiger partial charge >= 0.3 is 6.09 Å². The quantitative estimate of drug-likeness (QED) is 0.835. The molecule has 0 spiro atoms. The number of nitrogens with one attached hydrogen (secondary N) is 1. The van der Waals surface area contributed by atoms with E-state index in [9.17, 15) is 4.79 Å². The predicted octanol–water partition coefficient (Wildman–Crippen LogP) is 2.34. The molecule has 1 aliphatic rings. The summed E-state index contributed by atoms with van der Waals surface area (Å²) in [6, 6.07) is 0.437. The Balaban J connectivity index is 2.11. The monoisotopic (exact) mass is 274 g/mol. The van der Waals surface area contributed by atoms with E-state index in [1.54, 1.807) is 4.90 Å². The fourth-order valence-corrected chi connectivity index (χ4v) is 2.05. The van der Waals surface area contributed by atoms with Crippen LogP contribution in [-0.2, 0) is 4.74 Å². The molecule has 1 unspecified atom stereocenters. The van der Waals surface area contributed by atoms with E-state index in [0.29, 0.717) is 11.3 Å². The summed E-state index contributed by atoms with van der Waals surface area (Å²) in [5, 5.41) is 4.16. The molecule has 0 aromatic carbocycles. The van der Waals surface area contributed by atoms with Crippen molar-refractivity contribution in [2.24, 2.45) is 0 Å². The van der Waals surface area contributed by atoms with Gasteiger partial charge in [0.05, 0.1) is 0 Å². The summed E-state index contributed by atoms with van der Waals surface area (Å²) in [5.74, 6) is 0. The average Bonchev–Trinajstić information content (AvgIpc) is 2.17. The Morgan fingerprint density at radius 3 is 2.61 bits per heavy atom. The van der Waals surface area contributed by atoms with Crippen molar-refractivity contribution >= 4 is 17.9 Å². The van der Waals surface area contributed by atoms with E-state index >= 15 is 0 Å². The lowest BCUT2D eigenvalue weighted by atomic mass is 10.1. The number of thioether (sulfide) groups is 1. The highest BCUT2D eigenvalue weighted by Gasteiger charge is 2.33. The Labute approximate surface area is 115 Å². The Morgan fingerprint density at radius 1 is 1.50 bits per heavy atom. The molecule has 1 heterocycles. The smallest absolute Gasteiger partial charge is 0.410 e. The Hall–Kier alpha value is -0.420. The minimum Gasteiger partial charge on any atom is -0.444 e. The van der Waals surface area contributed by atoms with Crippen LogP contribution in [0.5, 0.6) is 0 Å². The Bertz CT molecular complexity index is 273. The molecule has 1 fully saturated rings. The second-order valence-corrected chi connectivity index (χ2v) is 7.15. The normalized spacial score (nSPS) is 18.4. The summed E-state index contributed by atoms with van der Waals surface area (Å²) < 4.78 is 5.31. The summed E-state index contributed by atoms with van der Waals surface area (Å²) in [4.78, 5) is 13.4. The van der Waals surface area contributed by atoms with Crippen LogP contribution in [-0.4, -0.2) is 53.8 Å². The predicted molar refractivity (Wildman–Crippen MR) is 77.2 cm³/mol. The van der Waals surface area contributed by atoms with Crippen LogP contribution < -0.4 is 5.32 Å². The maximum Gasteiger partial charge on any atom is 0.410 e. The van der Waals surface area contributed by atoms with Gasteiger partial charge in [0.25, 0.3) is 0 Å². The number of nitrogens with zero attached hydrogens (tertiary/aromatic N) is 1. The molecule has 18 heavy (non-hydrogen) atoms. The summed E-state index contributed by atoms with van der Waals surface area (Å²) in [6.45, 7) is 10.5. The highest BCUT2D eigenvalue weighted by Crippen LogP contribution is 2.15. The number of likely N-dealkylation sites (tertiary alicyclic amines) is 1. The van der Waals surface area contributed by atoms with Crippen molar-refractivity contribution in [3.8, 4) is 0 Å². The van der Waals surface area contributed by atoms with Crippen molar-refractivity contribution in [3.63, 3.8) is 0 Å². The number of rotatable bonds is 5. The standard InChI is InChI=1S/C13H26N2O2S/c1-10(18-5)6-7-14-11-8-15(9-11)12(16)17-13(2,3)4/h10-11,14H,6-9H2,1-5H3. The van der Waals surface area contributed by atoms with Crippen LogP contribution in [0.3, 0.4) is 0 Å². The molecule has 4 nitrogen and oxygen atoms in total. The molecule has 0 saturated carbocycles. The van der Waals surface area contributed by atoms with Crippen molar-refractivity contribution in [2.45, 2.75) is 51.0 Å². The number of carbonyl (C=O) groups excluding carboxylic acids is 1. The van der Waals surface area contributed by atoms with E-state index in [1.807, 2.05) is 32.5 Å². The molecule has 1 aliphatic heterocycles. The van der Waals surface area contributed by atoms with Crippen LogP contribution in [0.4, 0.5) is 4.79 Å². The van der Waals surface area contributed by atoms with E-state index in [0.717, 1.165) is 19.6 Å². The molecule has 1 amide bonds. The molecule has 0 radical (unpaired) electrons. The molecule has 1 rings (SSSR count). The molecule has 0 aromatic heterocycles. The number of amides is 1. The minimum absolute atomic E-state index is 0.196. The van der Waals surface area contributed by atoms with Gasteiger partial charge in [0.15, 0.2) is 0 Å². The topological polar surface area (TPSA) is 41.6 Å². The van der Waals surface area contributed by atoms with Gasteiger partial charge in [0.1, 0.15) is 5.60 Å². The minimum atomic E-state index is -0.399. The van der Waals surface area contributed by atoms with Crippen LogP contribution >= 0.6 is 11.8 Å². The largest absolute Gasteiger partial charge is 0.444 e. The molecule has 5 heteroatoms. The first-order valence-electron chi connectivity index (χ1n) is 6.56. The third-order valence-corrected chi connectivity index (χ3v) is 3.96. The molecule has 106 valence electrons. The summed E-state index contributed by atoms with van der Waals surface area (Å²) in [7, 11) is 0. The van der Waals surface area contributed by atoms with Gasteiger partial charge in [-0.25, -0.2) is 4.79 Å². The summed E-state index contributed by atoms with van der Waals surface area (Å²) in [6.07, 6.45) is 3.11. The zero-order valence-electron chi connectivity index (χ0n) is 12.2. The number of carbonyl (C=O) groups is 1. The van der Waals surface area contributed by atoms with E-state index in [2.05, 4.69) is 18.5 Å². The van der Waals surface area contributed by atoms with Gasteiger partial charge in [-0.2, -0.15) is 11.8 Å². The van der Waals surface area contributed by atoms with Gasteiger partial charge < -0.3 is 15.0 Å². The first kappa shape index (κ1) is 15.6. The lowest BCUT2D eigenvalue weighted by Crippen LogP contribution is -2.60. The number of hydrogen-bond donors (Lipinski definition) is 1. The van der Waals surface area contributed by atoms with Crippen LogP contribution in [0.15, 0.2) is 0 Å². The van der Waals surface area contributed by atoms with Crippen LogP contribution in [0.1, 0.15) is 34.1 Å². The molecule has 1 saturated heterocycles. The fraction of sp³-hybridized carbons (Fsp3) is 0.923. The van der Waals surface area contributed by atoms with Crippen molar-refractivity contribution in [2.75, 3.05) is 25.9 Å². The molecule has 0 bridgehead atoms. The van der Waals surface area contributed by atoms with Gasteiger partial charge in [0, 0.05) is 24.4 Å². The van der Waals surface area contributed by atoms with Crippen LogP contribution in [0.25, 0.3) is 0 Å². The molecule has 1 N–H and O–H groups in total. The van der Waals surface area contributed by atoms with E-state index in [4.69, 9.17) is 4.74 Å². The fourth-order valence-electron chi connectivity index (χ4n) is 1.69. The molecular weight excluding hydrogens is 248 g/mol. The lowest BCUT2D eigenvalue weighted by molar-refractivity contribution is 0.00537. The highest BCUT2D eigenvalue weighted by atomic mass is 32.2. The first-order valence-corrected chi connectivity index (χ1v) is 7.84. The van der Waals surface area contributed by atoms with Crippen LogP contribution in [0.2, 0.25) is 0 Å². The van der Waals surface area contributed by atoms with Crippen molar-refractivity contribution in [1.82, 2.24) is 10.2 Å². The van der Waals surface area contributed by atoms with Gasteiger partial charge in [-0.3, -0.25) is 0 Å². The van der Waals surface area contributed by atoms with E-state index < -0.39 is 5.60 Å². The van der Waals surface area contributed by atoms with Crippen molar-refractivity contribution in [3.05, 3.63) is 0 Å². The molecular formula is C13H26N2O2S. The maximum atomic E-state index is 11.7. The van der Waals surface area contributed by atoms with Gasteiger partial charge in [0.2, 0.25) is 0 Å². The zero-order chi connectivity index (χ0) is 13.8. The lowest BCUT2D eigenvalue weighted by Gasteiger charge is -2.40. The Morgan fingerprint density at radius 2 is 2.11 bits per heavy atom. The third kappa shape index (κ3) is 5.48. The van der Waals surface area contributed by atoms with Crippen molar-refractivity contribution < 1.29 is 9.53 Å². The van der Waals surface area contributed by atoms with E-state index in [-0.39, 0.29) is 6.09 Å². The summed E-state index contributed by atoms with van der Waals surface area (Å²) in [5.41, 5.74) is -0.399. The van der Waals surface area contributed by atoms with Gasteiger partial charge in [-0.1, -0.05) is 6.92 Å². The number of hydrogen-bond acceptors (Lipinski definition) is 4. The zero-order valence-corrected chi connectivity index (χ0v) is 13.0. The highest BCUT2D eigenvalue weighted by molar-refractivity contribution is 7.99.